The Morgan fingerprint density at radius 1 is 1.14 bits per heavy atom. The monoisotopic (exact) mass is 323 g/mol. The van der Waals surface area contributed by atoms with Gasteiger partial charge in [0, 0.05) is 12.1 Å². The minimum atomic E-state index is -3.80. The molecule has 0 aliphatic heterocycles. The molecular formula is C15H14ClNO3S. The van der Waals surface area contributed by atoms with Gasteiger partial charge in [-0.3, -0.25) is 9.52 Å². The molecule has 0 amide bonds. The summed E-state index contributed by atoms with van der Waals surface area (Å²) in [5, 5.41) is 0.116. The van der Waals surface area contributed by atoms with Crippen LogP contribution in [0.4, 0.5) is 5.69 Å². The lowest BCUT2D eigenvalue weighted by Crippen LogP contribution is -2.14. The molecule has 0 atom stereocenters. The third kappa shape index (κ3) is 4.06. The maximum absolute atomic E-state index is 12.4. The number of carbonyl (C=O) groups is 1. The number of rotatable bonds is 5. The SMILES string of the molecule is CC(=O)Cc1ccc(Cl)c(S(=O)(=O)Nc2ccccc2)c1. The molecule has 21 heavy (non-hydrogen) atoms. The zero-order valence-electron chi connectivity index (χ0n) is 11.3. The largest absolute Gasteiger partial charge is 0.300 e. The van der Waals surface area contributed by atoms with Crippen molar-refractivity contribution >= 4 is 33.1 Å². The van der Waals surface area contributed by atoms with Crippen LogP contribution in [0.1, 0.15) is 12.5 Å². The highest BCUT2D eigenvalue weighted by Crippen LogP contribution is 2.25. The number of ketones is 1. The van der Waals surface area contributed by atoms with Crippen LogP contribution in [0, 0.1) is 0 Å². The van der Waals surface area contributed by atoms with Crippen molar-refractivity contribution < 1.29 is 13.2 Å². The summed E-state index contributed by atoms with van der Waals surface area (Å²) in [7, 11) is -3.80. The summed E-state index contributed by atoms with van der Waals surface area (Å²) in [5.41, 5.74) is 1.06. The second-order valence-corrected chi connectivity index (χ2v) is 6.67. The van der Waals surface area contributed by atoms with Crippen LogP contribution in [-0.2, 0) is 21.2 Å². The first-order valence-electron chi connectivity index (χ1n) is 6.24. The van der Waals surface area contributed by atoms with E-state index in [1.54, 1.807) is 36.4 Å². The van der Waals surface area contributed by atoms with Crippen LogP contribution in [0.2, 0.25) is 5.02 Å². The smallest absolute Gasteiger partial charge is 0.263 e. The molecule has 0 spiro atoms. The molecule has 0 radical (unpaired) electrons. The molecule has 1 N–H and O–H groups in total. The van der Waals surface area contributed by atoms with Crippen molar-refractivity contribution in [3.05, 3.63) is 59.1 Å². The minimum Gasteiger partial charge on any atom is -0.300 e. The molecule has 4 nitrogen and oxygen atoms in total. The standard InChI is InChI=1S/C15H14ClNO3S/c1-11(18)9-12-7-8-14(16)15(10-12)21(19,20)17-13-5-3-2-4-6-13/h2-8,10,17H,9H2,1H3. The molecule has 0 fully saturated rings. The quantitative estimate of drug-likeness (QED) is 0.918. The van der Waals surface area contributed by atoms with E-state index in [1.165, 1.54) is 19.1 Å². The summed E-state index contributed by atoms with van der Waals surface area (Å²) in [4.78, 5) is 11.1. The van der Waals surface area contributed by atoms with Crippen molar-refractivity contribution in [3.63, 3.8) is 0 Å². The van der Waals surface area contributed by atoms with Gasteiger partial charge in [0.1, 0.15) is 10.7 Å². The highest BCUT2D eigenvalue weighted by Gasteiger charge is 2.19. The van der Waals surface area contributed by atoms with Crippen molar-refractivity contribution in [1.29, 1.82) is 0 Å². The van der Waals surface area contributed by atoms with Gasteiger partial charge < -0.3 is 0 Å². The molecule has 0 unspecified atom stereocenters. The fraction of sp³-hybridized carbons (Fsp3) is 0.133. The fourth-order valence-electron chi connectivity index (χ4n) is 1.87. The number of sulfonamides is 1. The zero-order valence-corrected chi connectivity index (χ0v) is 12.9. The molecule has 0 saturated heterocycles. The molecular weight excluding hydrogens is 310 g/mol. The van der Waals surface area contributed by atoms with Gasteiger partial charge in [-0.2, -0.15) is 0 Å². The number of anilines is 1. The number of Topliss-reactive ketones (excluding diaryl/α,β-unsaturated/α-hetero) is 1. The molecule has 0 aliphatic carbocycles. The van der Waals surface area contributed by atoms with Crippen molar-refractivity contribution in [2.75, 3.05) is 4.72 Å². The van der Waals surface area contributed by atoms with E-state index in [0.29, 0.717) is 11.3 Å². The van der Waals surface area contributed by atoms with Crippen LogP contribution in [0.3, 0.4) is 0 Å². The van der Waals surface area contributed by atoms with Gasteiger partial charge >= 0.3 is 0 Å². The van der Waals surface area contributed by atoms with E-state index in [-0.39, 0.29) is 22.1 Å². The number of halogens is 1. The van der Waals surface area contributed by atoms with E-state index in [0.717, 1.165) is 0 Å². The van der Waals surface area contributed by atoms with E-state index >= 15 is 0 Å². The molecule has 0 bridgehead atoms. The Morgan fingerprint density at radius 3 is 2.43 bits per heavy atom. The van der Waals surface area contributed by atoms with Crippen molar-refractivity contribution in [2.45, 2.75) is 18.2 Å². The Balaban J connectivity index is 2.37. The number of nitrogens with one attached hydrogen (secondary N) is 1. The average molecular weight is 324 g/mol. The Kier molecular flexibility index (Phi) is 4.65. The van der Waals surface area contributed by atoms with Gasteiger partial charge in [0.2, 0.25) is 0 Å². The van der Waals surface area contributed by atoms with E-state index in [4.69, 9.17) is 11.6 Å². The number of hydrogen-bond acceptors (Lipinski definition) is 3. The third-order valence-corrected chi connectivity index (χ3v) is 4.63. The first-order chi connectivity index (χ1) is 9.88. The molecule has 2 aromatic rings. The van der Waals surface area contributed by atoms with Gasteiger partial charge in [-0.05, 0) is 36.8 Å². The van der Waals surface area contributed by atoms with Gasteiger partial charge in [0.05, 0.1) is 5.02 Å². The second-order valence-electron chi connectivity index (χ2n) is 4.62. The number of carbonyl (C=O) groups excluding carboxylic acids is 1. The van der Waals surface area contributed by atoms with Crippen LogP contribution < -0.4 is 4.72 Å². The Morgan fingerprint density at radius 2 is 1.81 bits per heavy atom. The van der Waals surface area contributed by atoms with Gasteiger partial charge in [-0.1, -0.05) is 35.9 Å². The Bertz CT molecular complexity index is 758. The van der Waals surface area contributed by atoms with Crippen molar-refractivity contribution in [1.82, 2.24) is 0 Å². The maximum atomic E-state index is 12.4. The molecule has 0 saturated carbocycles. The molecule has 0 aromatic heterocycles. The van der Waals surface area contributed by atoms with E-state index in [2.05, 4.69) is 4.72 Å². The van der Waals surface area contributed by atoms with Gasteiger partial charge in [0.15, 0.2) is 0 Å². The first-order valence-corrected chi connectivity index (χ1v) is 8.10. The molecule has 0 heterocycles. The Hall–Kier alpha value is -1.85. The van der Waals surface area contributed by atoms with Crippen LogP contribution in [0.15, 0.2) is 53.4 Å². The molecule has 0 aliphatic rings. The van der Waals surface area contributed by atoms with Crippen molar-refractivity contribution in [3.8, 4) is 0 Å². The highest BCUT2D eigenvalue weighted by molar-refractivity contribution is 7.92. The maximum Gasteiger partial charge on any atom is 0.263 e. The summed E-state index contributed by atoms with van der Waals surface area (Å²) in [5.74, 6) is -0.0447. The summed E-state index contributed by atoms with van der Waals surface area (Å²) >= 11 is 5.98. The topological polar surface area (TPSA) is 63.2 Å². The predicted octanol–water partition coefficient (Wildman–Crippen LogP) is 3.27. The Labute approximate surface area is 128 Å². The van der Waals surface area contributed by atoms with Crippen LogP contribution in [0.5, 0.6) is 0 Å². The first kappa shape index (κ1) is 15.5. The second kappa shape index (κ2) is 6.28. The number of para-hydroxylation sites is 1. The van der Waals surface area contributed by atoms with Crippen LogP contribution in [-0.4, -0.2) is 14.2 Å². The normalized spacial score (nSPS) is 11.1. The predicted molar refractivity (Wildman–Crippen MR) is 83.1 cm³/mol. The van der Waals surface area contributed by atoms with E-state index < -0.39 is 10.0 Å². The van der Waals surface area contributed by atoms with Gasteiger partial charge in [-0.15, -0.1) is 0 Å². The molecule has 6 heteroatoms. The molecule has 110 valence electrons. The fourth-order valence-corrected chi connectivity index (χ4v) is 3.48. The van der Waals surface area contributed by atoms with E-state index in [1.807, 2.05) is 0 Å². The van der Waals surface area contributed by atoms with Gasteiger partial charge in [-0.25, -0.2) is 8.42 Å². The van der Waals surface area contributed by atoms with Crippen LogP contribution in [0.25, 0.3) is 0 Å². The third-order valence-electron chi connectivity index (χ3n) is 2.76. The summed E-state index contributed by atoms with van der Waals surface area (Å²) in [6, 6.07) is 13.1. The van der Waals surface area contributed by atoms with Crippen LogP contribution >= 0.6 is 11.6 Å². The number of benzene rings is 2. The van der Waals surface area contributed by atoms with Crippen molar-refractivity contribution in [2.24, 2.45) is 0 Å². The molecule has 2 aromatic carbocycles. The minimum absolute atomic E-state index is 0.0354. The van der Waals surface area contributed by atoms with Gasteiger partial charge in [0.25, 0.3) is 10.0 Å². The lowest BCUT2D eigenvalue weighted by atomic mass is 10.1. The lowest BCUT2D eigenvalue weighted by molar-refractivity contribution is -0.116. The zero-order chi connectivity index (χ0) is 15.5. The summed E-state index contributed by atoms with van der Waals surface area (Å²) in [6.45, 7) is 1.45. The summed E-state index contributed by atoms with van der Waals surface area (Å²) in [6.07, 6.45) is 0.172. The highest BCUT2D eigenvalue weighted by atomic mass is 35.5. The summed E-state index contributed by atoms with van der Waals surface area (Å²) < 4.78 is 27.2. The number of hydrogen-bond donors (Lipinski definition) is 1. The molecule has 2 rings (SSSR count). The van der Waals surface area contributed by atoms with E-state index in [9.17, 15) is 13.2 Å². The lowest BCUT2D eigenvalue weighted by Gasteiger charge is -2.10. The average Bonchev–Trinajstić information content (AvgIpc) is 2.41.